The lowest BCUT2D eigenvalue weighted by molar-refractivity contribution is 0.305. The molecule has 3 aliphatic rings. The van der Waals surface area contributed by atoms with Gasteiger partial charge in [0, 0.05) is 5.69 Å². The van der Waals surface area contributed by atoms with Crippen LogP contribution in [0.3, 0.4) is 0 Å². The third kappa shape index (κ3) is 1.99. The number of anilines is 1. The summed E-state index contributed by atoms with van der Waals surface area (Å²) in [5, 5.41) is 0. The number of rotatable bonds is 1. The molecule has 0 radical (unpaired) electrons. The maximum Gasteiger partial charge on any atom is 0.220 e. The molecule has 116 valence electrons. The molecule has 22 heavy (non-hydrogen) atoms. The van der Waals surface area contributed by atoms with E-state index in [0.29, 0.717) is 11.9 Å². The highest BCUT2D eigenvalue weighted by atomic mass is 15.4. The molecule has 1 aliphatic heterocycles. The molecule has 0 atom stereocenters. The molecule has 1 fully saturated rings. The van der Waals surface area contributed by atoms with Gasteiger partial charge < -0.3 is 11.5 Å². The number of hydrogen-bond acceptors (Lipinski definition) is 5. The van der Waals surface area contributed by atoms with Crippen LogP contribution in [0.25, 0.3) is 0 Å². The molecular formula is C17H23N5. The maximum absolute atomic E-state index is 6.32. The van der Waals surface area contributed by atoms with Gasteiger partial charge in [0.2, 0.25) is 11.9 Å². The van der Waals surface area contributed by atoms with Crippen LogP contribution in [0.15, 0.2) is 28.2 Å². The van der Waals surface area contributed by atoms with E-state index in [1.807, 2.05) is 0 Å². The van der Waals surface area contributed by atoms with E-state index in [-0.39, 0.29) is 5.66 Å². The van der Waals surface area contributed by atoms with Gasteiger partial charge >= 0.3 is 0 Å². The molecule has 1 spiro atoms. The largest absolute Gasteiger partial charge is 0.369 e. The molecule has 4 rings (SSSR count). The topological polar surface area (TPSA) is 80.0 Å². The molecule has 1 heterocycles. The fraction of sp³-hybridized carbons (Fsp3) is 0.529. The molecule has 0 saturated heterocycles. The van der Waals surface area contributed by atoms with Crippen molar-refractivity contribution < 1.29 is 0 Å². The van der Waals surface area contributed by atoms with Crippen molar-refractivity contribution in [3.63, 3.8) is 0 Å². The zero-order valence-electron chi connectivity index (χ0n) is 12.9. The van der Waals surface area contributed by atoms with Gasteiger partial charge in [0.05, 0.1) is 0 Å². The first kappa shape index (κ1) is 13.6. The van der Waals surface area contributed by atoms with Gasteiger partial charge in [-0.1, -0.05) is 18.6 Å². The van der Waals surface area contributed by atoms with Gasteiger partial charge in [0.15, 0.2) is 0 Å². The number of aryl methyl sites for hydroxylation is 1. The third-order valence-corrected chi connectivity index (χ3v) is 5.21. The minimum atomic E-state index is -0.327. The molecular weight excluding hydrogens is 274 g/mol. The van der Waals surface area contributed by atoms with Crippen molar-refractivity contribution >= 4 is 17.6 Å². The maximum atomic E-state index is 6.32. The van der Waals surface area contributed by atoms with Gasteiger partial charge in [-0.3, -0.25) is 4.90 Å². The summed E-state index contributed by atoms with van der Waals surface area (Å²) in [4.78, 5) is 11.2. The summed E-state index contributed by atoms with van der Waals surface area (Å²) in [6.45, 7) is 0. The van der Waals surface area contributed by atoms with Gasteiger partial charge in [0.25, 0.3) is 0 Å². The molecule has 5 nitrogen and oxygen atoms in total. The van der Waals surface area contributed by atoms with Crippen LogP contribution in [0.2, 0.25) is 0 Å². The SMILES string of the molecule is NC1=NC2(CCCCC2)N(c2cccc3c2CCC3)C(N)=N1. The lowest BCUT2D eigenvalue weighted by atomic mass is 9.86. The quantitative estimate of drug-likeness (QED) is 0.834. The molecule has 1 aromatic rings. The van der Waals surface area contributed by atoms with E-state index in [1.165, 1.54) is 29.7 Å². The zero-order valence-corrected chi connectivity index (χ0v) is 12.9. The smallest absolute Gasteiger partial charge is 0.220 e. The summed E-state index contributed by atoms with van der Waals surface area (Å²) in [6, 6.07) is 6.53. The minimum Gasteiger partial charge on any atom is -0.369 e. The highest BCUT2D eigenvalue weighted by molar-refractivity contribution is 6.06. The lowest BCUT2D eigenvalue weighted by Crippen LogP contribution is -2.58. The fourth-order valence-electron chi connectivity index (χ4n) is 4.28. The van der Waals surface area contributed by atoms with E-state index in [4.69, 9.17) is 16.5 Å². The van der Waals surface area contributed by atoms with E-state index < -0.39 is 0 Å². The van der Waals surface area contributed by atoms with Crippen LogP contribution < -0.4 is 16.4 Å². The van der Waals surface area contributed by atoms with Crippen molar-refractivity contribution in [3.05, 3.63) is 29.3 Å². The summed E-state index contributed by atoms with van der Waals surface area (Å²) in [7, 11) is 0. The monoisotopic (exact) mass is 297 g/mol. The molecule has 0 bridgehead atoms. The van der Waals surface area contributed by atoms with Crippen LogP contribution in [0.5, 0.6) is 0 Å². The second-order valence-corrected chi connectivity index (χ2v) is 6.59. The minimum absolute atomic E-state index is 0.322. The first-order valence-corrected chi connectivity index (χ1v) is 8.30. The number of nitrogens with zero attached hydrogens (tertiary/aromatic N) is 3. The molecule has 4 N–H and O–H groups in total. The van der Waals surface area contributed by atoms with E-state index in [1.54, 1.807) is 0 Å². The third-order valence-electron chi connectivity index (χ3n) is 5.21. The van der Waals surface area contributed by atoms with Crippen LogP contribution in [0.4, 0.5) is 5.69 Å². The van der Waals surface area contributed by atoms with Gasteiger partial charge in [-0.15, -0.1) is 0 Å². The summed E-state index contributed by atoms with van der Waals surface area (Å²) in [5.41, 5.74) is 16.0. The molecule has 1 saturated carbocycles. The second-order valence-electron chi connectivity index (χ2n) is 6.59. The number of guanidine groups is 2. The van der Waals surface area contributed by atoms with Crippen LogP contribution in [0, 0.1) is 0 Å². The first-order chi connectivity index (χ1) is 10.7. The summed E-state index contributed by atoms with van der Waals surface area (Å²) in [6.07, 6.45) is 9.06. The number of fused-ring (bicyclic) bond motifs is 1. The van der Waals surface area contributed by atoms with Crippen molar-refractivity contribution in [2.24, 2.45) is 21.5 Å². The Morgan fingerprint density at radius 2 is 1.82 bits per heavy atom. The number of nitrogens with two attached hydrogens (primary N) is 2. The van der Waals surface area contributed by atoms with Crippen molar-refractivity contribution in [3.8, 4) is 0 Å². The summed E-state index contributed by atoms with van der Waals surface area (Å²) >= 11 is 0. The summed E-state index contributed by atoms with van der Waals surface area (Å²) in [5.74, 6) is 0.818. The Kier molecular flexibility index (Phi) is 3.10. The number of hydrogen-bond donors (Lipinski definition) is 2. The molecule has 5 heteroatoms. The molecule has 2 aliphatic carbocycles. The predicted octanol–water partition coefficient (Wildman–Crippen LogP) is 2.29. The van der Waals surface area contributed by atoms with Crippen molar-refractivity contribution in [1.29, 1.82) is 0 Å². The second kappa shape index (κ2) is 5.00. The van der Waals surface area contributed by atoms with Crippen molar-refractivity contribution in [2.45, 2.75) is 57.0 Å². The van der Waals surface area contributed by atoms with Gasteiger partial charge in [0.1, 0.15) is 5.66 Å². The Hall–Kier alpha value is -2.04. The fourth-order valence-corrected chi connectivity index (χ4v) is 4.28. The number of aliphatic imine (C=N–C) groups is 2. The van der Waals surface area contributed by atoms with Crippen molar-refractivity contribution in [1.82, 2.24) is 0 Å². The van der Waals surface area contributed by atoms with E-state index in [9.17, 15) is 0 Å². The average Bonchev–Trinajstić information content (AvgIpc) is 2.96. The Morgan fingerprint density at radius 3 is 2.64 bits per heavy atom. The Balaban J connectivity index is 1.85. The van der Waals surface area contributed by atoms with Crippen LogP contribution in [0.1, 0.15) is 49.7 Å². The van der Waals surface area contributed by atoms with E-state index >= 15 is 0 Å². The average molecular weight is 297 g/mol. The molecule has 0 amide bonds. The molecule has 0 aromatic heterocycles. The predicted molar refractivity (Wildman–Crippen MR) is 90.0 cm³/mol. The highest BCUT2D eigenvalue weighted by Crippen LogP contribution is 2.42. The lowest BCUT2D eigenvalue weighted by Gasteiger charge is -2.46. The Morgan fingerprint density at radius 1 is 1.00 bits per heavy atom. The zero-order chi connectivity index (χ0) is 15.2. The van der Waals surface area contributed by atoms with Gasteiger partial charge in [-0.2, -0.15) is 4.99 Å². The van der Waals surface area contributed by atoms with Crippen molar-refractivity contribution in [2.75, 3.05) is 4.90 Å². The molecule has 1 aromatic carbocycles. The van der Waals surface area contributed by atoms with Gasteiger partial charge in [-0.05, 0) is 62.1 Å². The van der Waals surface area contributed by atoms with E-state index in [0.717, 1.165) is 38.5 Å². The van der Waals surface area contributed by atoms with Crippen LogP contribution >= 0.6 is 0 Å². The normalized spacial score (nSPS) is 23.2. The Bertz CT molecular complexity index is 655. The number of benzene rings is 1. The van der Waals surface area contributed by atoms with Crippen LogP contribution in [-0.2, 0) is 12.8 Å². The summed E-state index contributed by atoms with van der Waals surface area (Å²) < 4.78 is 0. The van der Waals surface area contributed by atoms with E-state index in [2.05, 4.69) is 28.1 Å². The van der Waals surface area contributed by atoms with Gasteiger partial charge in [-0.25, -0.2) is 4.99 Å². The standard InChI is InChI=1S/C17H23N5/c18-15-20-16(19)22(17(21-15)10-2-1-3-11-17)14-9-5-7-12-6-4-8-13(12)14/h5,7,9H,1-4,6,8,10-11H2,(H4,18,19,20,21). The Labute approximate surface area is 131 Å². The highest BCUT2D eigenvalue weighted by Gasteiger charge is 2.43. The van der Waals surface area contributed by atoms with Crippen LogP contribution in [-0.4, -0.2) is 17.6 Å². The molecule has 0 unspecified atom stereocenters. The first-order valence-electron chi connectivity index (χ1n) is 8.30.